The van der Waals surface area contributed by atoms with Gasteiger partial charge in [0, 0.05) is 10.1 Å². The van der Waals surface area contributed by atoms with Gasteiger partial charge in [-0.1, -0.05) is 30.1 Å². The zero-order chi connectivity index (χ0) is 16.0. The van der Waals surface area contributed by atoms with Gasteiger partial charge < -0.3 is 10.1 Å². The minimum atomic E-state index is -0.696. The van der Waals surface area contributed by atoms with Crippen LogP contribution in [0.4, 0.5) is 0 Å². The second kappa shape index (κ2) is 8.28. The van der Waals surface area contributed by atoms with Crippen LogP contribution in [0.2, 0.25) is 10.0 Å². The summed E-state index contributed by atoms with van der Waals surface area (Å²) in [4.78, 5) is 13.1. The van der Waals surface area contributed by atoms with Gasteiger partial charge >= 0.3 is 5.97 Å². The normalized spacial score (nSPS) is 15.3. The van der Waals surface area contributed by atoms with Gasteiger partial charge in [0.05, 0.1) is 16.7 Å². The van der Waals surface area contributed by atoms with Gasteiger partial charge in [0.2, 0.25) is 0 Å². The van der Waals surface area contributed by atoms with Gasteiger partial charge in [-0.25, -0.2) is 0 Å². The summed E-state index contributed by atoms with van der Waals surface area (Å²) in [7, 11) is 1.77. The predicted octanol–water partition coefficient (Wildman–Crippen LogP) is 4.41. The topological polar surface area (TPSA) is 38.3 Å². The molecule has 3 nitrogen and oxygen atoms in total. The quantitative estimate of drug-likeness (QED) is 0.584. The molecular formula is C15H21Cl2NO2S. The fraction of sp³-hybridized carbons (Fsp3) is 0.533. The Bertz CT molecular complexity index is 499. The van der Waals surface area contributed by atoms with E-state index in [-0.39, 0.29) is 11.2 Å². The molecule has 1 N–H and O–H groups in total. The largest absolute Gasteiger partial charge is 0.465 e. The van der Waals surface area contributed by atoms with Crippen molar-refractivity contribution in [3.05, 3.63) is 28.2 Å². The summed E-state index contributed by atoms with van der Waals surface area (Å²) in [5, 5.41) is 4.36. The van der Waals surface area contributed by atoms with Crippen molar-refractivity contribution in [3.63, 3.8) is 0 Å². The lowest BCUT2D eigenvalue weighted by atomic mass is 9.96. The number of nitrogens with one attached hydrogen (secondary N) is 1. The number of hydrogen-bond acceptors (Lipinski definition) is 4. The molecule has 0 bridgehead atoms. The molecule has 0 radical (unpaired) electrons. The second-order valence-corrected chi connectivity index (χ2v) is 7.34. The maximum absolute atomic E-state index is 12.1. The van der Waals surface area contributed by atoms with E-state index in [1.807, 2.05) is 26.0 Å². The van der Waals surface area contributed by atoms with Gasteiger partial charge in [-0.2, -0.15) is 0 Å². The van der Waals surface area contributed by atoms with Crippen molar-refractivity contribution in [1.29, 1.82) is 0 Å². The van der Waals surface area contributed by atoms with Gasteiger partial charge in [0.25, 0.3) is 0 Å². The highest BCUT2D eigenvalue weighted by molar-refractivity contribution is 8.00. The lowest BCUT2D eigenvalue weighted by Crippen LogP contribution is -2.50. The lowest BCUT2D eigenvalue weighted by molar-refractivity contribution is -0.150. The molecule has 0 heterocycles. The van der Waals surface area contributed by atoms with Crippen molar-refractivity contribution in [1.82, 2.24) is 5.32 Å². The summed E-state index contributed by atoms with van der Waals surface area (Å²) in [6, 6.07) is 5.55. The Kier molecular flexibility index (Phi) is 7.34. The zero-order valence-corrected chi connectivity index (χ0v) is 15.0. The molecule has 6 heteroatoms. The van der Waals surface area contributed by atoms with E-state index < -0.39 is 5.54 Å². The third-order valence-corrected chi connectivity index (χ3v) is 5.04. The second-order valence-electron chi connectivity index (χ2n) is 5.01. The summed E-state index contributed by atoms with van der Waals surface area (Å²) in [5.74, 6) is -0.228. The van der Waals surface area contributed by atoms with E-state index in [0.29, 0.717) is 23.1 Å². The minimum Gasteiger partial charge on any atom is -0.465 e. The number of halogens is 2. The highest BCUT2D eigenvalue weighted by Crippen LogP contribution is 2.33. The van der Waals surface area contributed by atoms with Crippen LogP contribution in [0.3, 0.4) is 0 Å². The Morgan fingerprint density at radius 3 is 2.62 bits per heavy atom. The number of ether oxygens (including phenoxy) is 1. The van der Waals surface area contributed by atoms with Crippen LogP contribution in [0.5, 0.6) is 0 Å². The number of hydrogen-bond donors (Lipinski definition) is 1. The number of likely N-dealkylation sites (N-methyl/N-ethyl adjacent to an activating group) is 1. The van der Waals surface area contributed by atoms with E-state index in [1.54, 1.807) is 24.9 Å². The molecule has 0 saturated heterocycles. The molecule has 1 aromatic carbocycles. The number of thioether (sulfide) groups is 1. The Labute approximate surface area is 140 Å². The molecule has 0 amide bonds. The standard InChI is InChI=1S/C15H21Cl2NO2S/c1-5-20-14(19)15(3,18-4)9-10(2)21-11-6-7-12(16)13(17)8-11/h6-8,10,18H,5,9H2,1-4H3. The molecule has 2 unspecified atom stereocenters. The molecule has 0 saturated carbocycles. The smallest absolute Gasteiger partial charge is 0.326 e. The molecule has 118 valence electrons. The van der Waals surface area contributed by atoms with Crippen LogP contribution in [-0.4, -0.2) is 30.4 Å². The van der Waals surface area contributed by atoms with Crippen LogP contribution < -0.4 is 5.32 Å². The van der Waals surface area contributed by atoms with Gasteiger partial charge in [-0.05, 0) is 45.5 Å². The number of benzene rings is 1. The third-order valence-electron chi connectivity index (χ3n) is 3.20. The molecule has 0 aliphatic heterocycles. The molecular weight excluding hydrogens is 329 g/mol. The Balaban J connectivity index is 2.72. The molecule has 0 spiro atoms. The maximum Gasteiger partial charge on any atom is 0.326 e. The Morgan fingerprint density at radius 1 is 1.43 bits per heavy atom. The number of carbonyl (C=O) groups excluding carboxylic acids is 1. The lowest BCUT2D eigenvalue weighted by Gasteiger charge is -2.29. The Morgan fingerprint density at radius 2 is 2.10 bits per heavy atom. The van der Waals surface area contributed by atoms with Crippen LogP contribution in [-0.2, 0) is 9.53 Å². The summed E-state index contributed by atoms with van der Waals surface area (Å²) in [6.07, 6.45) is 0.646. The molecule has 21 heavy (non-hydrogen) atoms. The average Bonchev–Trinajstić information content (AvgIpc) is 2.43. The first-order valence-electron chi connectivity index (χ1n) is 6.80. The van der Waals surface area contributed by atoms with Crippen molar-refractivity contribution in [2.75, 3.05) is 13.7 Å². The van der Waals surface area contributed by atoms with Crippen LogP contribution >= 0.6 is 35.0 Å². The average molecular weight is 350 g/mol. The SMILES string of the molecule is CCOC(=O)C(C)(CC(C)Sc1ccc(Cl)c(Cl)c1)NC. The Hall–Kier alpha value is -0.420. The molecule has 1 rings (SSSR count). The van der Waals surface area contributed by atoms with E-state index in [1.165, 1.54) is 0 Å². The molecule has 2 atom stereocenters. The summed E-state index contributed by atoms with van der Waals surface area (Å²) in [5.41, 5.74) is -0.696. The summed E-state index contributed by atoms with van der Waals surface area (Å²) >= 11 is 13.6. The van der Waals surface area contributed by atoms with Crippen molar-refractivity contribution < 1.29 is 9.53 Å². The van der Waals surface area contributed by atoms with Crippen molar-refractivity contribution >= 4 is 40.9 Å². The third kappa shape index (κ3) is 5.37. The van der Waals surface area contributed by atoms with Gasteiger partial charge in [0.15, 0.2) is 0 Å². The van der Waals surface area contributed by atoms with Gasteiger partial charge in [0.1, 0.15) is 5.54 Å². The van der Waals surface area contributed by atoms with Gasteiger partial charge in [-0.3, -0.25) is 4.79 Å². The van der Waals surface area contributed by atoms with E-state index >= 15 is 0 Å². The highest BCUT2D eigenvalue weighted by atomic mass is 35.5. The summed E-state index contributed by atoms with van der Waals surface area (Å²) in [6.45, 7) is 6.12. The van der Waals surface area contributed by atoms with Gasteiger partial charge in [-0.15, -0.1) is 11.8 Å². The monoisotopic (exact) mass is 349 g/mol. The first-order chi connectivity index (χ1) is 9.82. The fourth-order valence-electron chi connectivity index (χ4n) is 1.98. The predicted molar refractivity (Wildman–Crippen MR) is 90.5 cm³/mol. The van der Waals surface area contributed by atoms with Crippen LogP contribution in [0.15, 0.2) is 23.1 Å². The number of esters is 1. The summed E-state index contributed by atoms with van der Waals surface area (Å²) < 4.78 is 5.13. The van der Waals surface area contributed by atoms with E-state index in [4.69, 9.17) is 27.9 Å². The molecule has 1 aromatic rings. The van der Waals surface area contributed by atoms with Crippen molar-refractivity contribution in [2.45, 2.75) is 42.9 Å². The van der Waals surface area contributed by atoms with Crippen LogP contribution in [0.1, 0.15) is 27.2 Å². The van der Waals surface area contributed by atoms with E-state index in [2.05, 4.69) is 12.2 Å². The first kappa shape index (κ1) is 18.6. The first-order valence-corrected chi connectivity index (χ1v) is 8.43. The van der Waals surface area contributed by atoms with Crippen molar-refractivity contribution in [2.24, 2.45) is 0 Å². The van der Waals surface area contributed by atoms with Crippen molar-refractivity contribution in [3.8, 4) is 0 Å². The van der Waals surface area contributed by atoms with Crippen LogP contribution in [0, 0.1) is 0 Å². The minimum absolute atomic E-state index is 0.212. The fourth-order valence-corrected chi connectivity index (χ4v) is 3.55. The zero-order valence-electron chi connectivity index (χ0n) is 12.7. The molecule has 0 fully saturated rings. The van der Waals surface area contributed by atoms with Crippen LogP contribution in [0.25, 0.3) is 0 Å². The maximum atomic E-state index is 12.1. The molecule has 0 aromatic heterocycles. The number of rotatable bonds is 7. The molecule has 0 aliphatic carbocycles. The van der Waals surface area contributed by atoms with E-state index in [9.17, 15) is 4.79 Å². The molecule has 0 aliphatic rings. The number of carbonyl (C=O) groups is 1. The highest BCUT2D eigenvalue weighted by Gasteiger charge is 2.34. The van der Waals surface area contributed by atoms with E-state index in [0.717, 1.165) is 4.90 Å².